The molecule has 14 heavy (non-hydrogen) atoms. The molecule has 1 aromatic heterocycles. The second kappa shape index (κ2) is 3.55. The molecule has 0 saturated heterocycles. The smallest absolute Gasteiger partial charge is 0.107 e. The number of allylic oxidation sites excluding steroid dienone is 1. The molecule has 0 unspecified atom stereocenters. The Morgan fingerprint density at radius 2 is 2.07 bits per heavy atom. The van der Waals surface area contributed by atoms with Crippen LogP contribution in [-0.2, 0) is 0 Å². The van der Waals surface area contributed by atoms with Crippen molar-refractivity contribution in [1.29, 1.82) is 0 Å². The molecule has 1 heterocycles. The fourth-order valence-corrected chi connectivity index (χ4v) is 1.59. The number of aromatic nitrogens is 2. The molecule has 4 nitrogen and oxygen atoms in total. The highest BCUT2D eigenvalue weighted by atomic mass is 32.1. The third-order valence-electron chi connectivity index (χ3n) is 1.72. The molecule has 0 fully saturated rings. The summed E-state index contributed by atoms with van der Waals surface area (Å²) in [6, 6.07) is 3.59. The molecule has 0 saturated carbocycles. The average Bonchev–Trinajstić information content (AvgIpc) is 2.61. The summed E-state index contributed by atoms with van der Waals surface area (Å²) in [4.78, 5) is 4.12. The van der Waals surface area contributed by atoms with Gasteiger partial charge in [-0.1, -0.05) is 12.7 Å². The summed E-state index contributed by atoms with van der Waals surface area (Å²) in [5.41, 5.74) is 8.70. The lowest BCUT2D eigenvalue weighted by Crippen LogP contribution is -1.85. The van der Waals surface area contributed by atoms with Crippen molar-refractivity contribution in [3.8, 4) is 0 Å². The Balaban J connectivity index is 2.58. The summed E-state index contributed by atoms with van der Waals surface area (Å²) < 4.78 is 8.18. The van der Waals surface area contributed by atoms with E-state index in [1.54, 1.807) is 18.4 Å². The number of nitrogens with zero attached hydrogens (tertiary/aromatic N) is 3. The molecule has 2 aromatic rings. The number of nitrogens with two attached hydrogens (primary N) is 1. The van der Waals surface area contributed by atoms with Gasteiger partial charge in [0, 0.05) is 6.21 Å². The maximum absolute atomic E-state index is 5.78. The Bertz CT molecular complexity index is 500. The lowest BCUT2D eigenvalue weighted by molar-refractivity contribution is 1.54. The molecule has 2 rings (SSSR count). The van der Waals surface area contributed by atoms with Crippen molar-refractivity contribution in [1.82, 2.24) is 8.75 Å². The fraction of sp³-hybridized carbons (Fsp3) is 0. The highest BCUT2D eigenvalue weighted by Crippen LogP contribution is 2.26. The SMILES string of the molecule is C=C/C=N\c1cc2nsnc2cc1N. The predicted molar refractivity (Wildman–Crippen MR) is 60.2 cm³/mol. The quantitative estimate of drug-likeness (QED) is 0.602. The Kier molecular flexibility index (Phi) is 2.24. The third-order valence-corrected chi connectivity index (χ3v) is 2.28. The molecule has 0 aliphatic heterocycles. The van der Waals surface area contributed by atoms with Gasteiger partial charge in [0.2, 0.25) is 0 Å². The van der Waals surface area contributed by atoms with Gasteiger partial charge in [-0.25, -0.2) is 0 Å². The number of fused-ring (bicyclic) bond motifs is 1. The lowest BCUT2D eigenvalue weighted by atomic mass is 10.2. The number of nitrogen functional groups attached to an aromatic ring is 1. The van der Waals surface area contributed by atoms with Crippen molar-refractivity contribution in [3.05, 3.63) is 24.8 Å². The molecule has 2 N–H and O–H groups in total. The van der Waals surface area contributed by atoms with Gasteiger partial charge >= 0.3 is 0 Å². The monoisotopic (exact) mass is 204 g/mol. The number of rotatable bonds is 2. The summed E-state index contributed by atoms with van der Waals surface area (Å²) >= 11 is 1.17. The van der Waals surface area contributed by atoms with Gasteiger partial charge in [0.15, 0.2) is 0 Å². The van der Waals surface area contributed by atoms with E-state index in [1.807, 2.05) is 6.07 Å². The van der Waals surface area contributed by atoms with Crippen LogP contribution in [0.5, 0.6) is 0 Å². The summed E-state index contributed by atoms with van der Waals surface area (Å²) in [5.74, 6) is 0. The van der Waals surface area contributed by atoms with Crippen LogP contribution < -0.4 is 5.73 Å². The zero-order valence-corrected chi connectivity index (χ0v) is 8.16. The molecule has 0 bridgehead atoms. The minimum absolute atomic E-state index is 0.600. The van der Waals surface area contributed by atoms with Crippen LogP contribution in [0.25, 0.3) is 11.0 Å². The first-order chi connectivity index (χ1) is 6.81. The van der Waals surface area contributed by atoms with Crippen LogP contribution in [0.4, 0.5) is 11.4 Å². The Morgan fingerprint density at radius 3 is 2.79 bits per heavy atom. The van der Waals surface area contributed by atoms with Crippen LogP contribution in [0.1, 0.15) is 0 Å². The van der Waals surface area contributed by atoms with Crippen LogP contribution in [0, 0.1) is 0 Å². The van der Waals surface area contributed by atoms with E-state index in [4.69, 9.17) is 5.73 Å². The second-order valence-electron chi connectivity index (χ2n) is 2.68. The topological polar surface area (TPSA) is 64.2 Å². The zero-order valence-electron chi connectivity index (χ0n) is 7.34. The van der Waals surface area contributed by atoms with Crippen molar-refractivity contribution < 1.29 is 0 Å². The van der Waals surface area contributed by atoms with Gasteiger partial charge in [-0.2, -0.15) is 8.75 Å². The number of hydrogen-bond donors (Lipinski definition) is 1. The first-order valence-corrected chi connectivity index (χ1v) is 4.71. The molecule has 1 aromatic carbocycles. The molecule has 70 valence electrons. The standard InChI is InChI=1S/C9H8N4S/c1-2-3-11-7-5-9-8(4-6(7)10)12-14-13-9/h2-5H,1,10H2/b11-3-. The van der Waals surface area contributed by atoms with Crippen LogP contribution in [0.2, 0.25) is 0 Å². The fourth-order valence-electron chi connectivity index (χ4n) is 1.08. The lowest BCUT2D eigenvalue weighted by Gasteiger charge is -1.97. The zero-order chi connectivity index (χ0) is 9.97. The van der Waals surface area contributed by atoms with E-state index < -0.39 is 0 Å². The summed E-state index contributed by atoms with van der Waals surface area (Å²) in [5, 5.41) is 0. The van der Waals surface area contributed by atoms with Gasteiger partial charge < -0.3 is 5.73 Å². The van der Waals surface area contributed by atoms with E-state index in [2.05, 4.69) is 20.3 Å². The van der Waals surface area contributed by atoms with Gasteiger partial charge in [0.25, 0.3) is 0 Å². The van der Waals surface area contributed by atoms with Crippen LogP contribution in [0.3, 0.4) is 0 Å². The van der Waals surface area contributed by atoms with Crippen LogP contribution in [-0.4, -0.2) is 15.0 Å². The average molecular weight is 204 g/mol. The number of benzene rings is 1. The molecule has 0 aliphatic rings. The van der Waals surface area contributed by atoms with Gasteiger partial charge in [-0.3, -0.25) is 4.99 Å². The van der Waals surface area contributed by atoms with E-state index in [9.17, 15) is 0 Å². The van der Waals surface area contributed by atoms with E-state index in [0.717, 1.165) is 11.0 Å². The third kappa shape index (κ3) is 1.49. The van der Waals surface area contributed by atoms with Crippen LogP contribution in [0.15, 0.2) is 29.8 Å². The molecule has 0 atom stereocenters. The number of hydrogen-bond acceptors (Lipinski definition) is 5. The number of aliphatic imine (C=N–C) groups is 1. The van der Waals surface area contributed by atoms with Crippen LogP contribution >= 0.6 is 11.7 Å². The largest absolute Gasteiger partial charge is 0.397 e. The van der Waals surface area contributed by atoms with Crippen molar-refractivity contribution in [3.63, 3.8) is 0 Å². The van der Waals surface area contributed by atoms with E-state index in [0.29, 0.717) is 11.4 Å². The molecule has 0 amide bonds. The molecular formula is C9H8N4S. The van der Waals surface area contributed by atoms with Gasteiger partial charge in [0.05, 0.1) is 23.1 Å². The first kappa shape index (κ1) is 8.83. The van der Waals surface area contributed by atoms with E-state index in [1.165, 1.54) is 11.7 Å². The summed E-state index contributed by atoms with van der Waals surface area (Å²) in [7, 11) is 0. The Morgan fingerprint density at radius 1 is 1.36 bits per heavy atom. The maximum atomic E-state index is 5.78. The Labute approximate surface area is 85.1 Å². The predicted octanol–water partition coefficient (Wildman–Crippen LogP) is 2.16. The van der Waals surface area contributed by atoms with Gasteiger partial charge in [-0.15, -0.1) is 0 Å². The van der Waals surface area contributed by atoms with E-state index >= 15 is 0 Å². The van der Waals surface area contributed by atoms with Gasteiger partial charge in [0.1, 0.15) is 11.0 Å². The highest BCUT2D eigenvalue weighted by Gasteiger charge is 2.03. The molecule has 0 aliphatic carbocycles. The Hall–Kier alpha value is -1.75. The minimum atomic E-state index is 0.600. The minimum Gasteiger partial charge on any atom is -0.397 e. The van der Waals surface area contributed by atoms with Crippen molar-refractivity contribution in [2.75, 3.05) is 5.73 Å². The van der Waals surface area contributed by atoms with Crippen molar-refractivity contribution in [2.45, 2.75) is 0 Å². The summed E-state index contributed by atoms with van der Waals surface area (Å²) in [6.45, 7) is 3.54. The first-order valence-electron chi connectivity index (χ1n) is 3.98. The molecular weight excluding hydrogens is 196 g/mol. The molecule has 0 spiro atoms. The summed E-state index contributed by atoms with van der Waals surface area (Å²) in [6.07, 6.45) is 3.19. The number of anilines is 1. The van der Waals surface area contributed by atoms with Crippen molar-refractivity contribution in [2.24, 2.45) is 4.99 Å². The maximum Gasteiger partial charge on any atom is 0.107 e. The highest BCUT2D eigenvalue weighted by molar-refractivity contribution is 7.00. The normalized spacial score (nSPS) is 11.1. The molecule has 0 radical (unpaired) electrons. The van der Waals surface area contributed by atoms with Crippen molar-refractivity contribution >= 4 is 40.4 Å². The van der Waals surface area contributed by atoms with Gasteiger partial charge in [-0.05, 0) is 12.1 Å². The van der Waals surface area contributed by atoms with E-state index in [-0.39, 0.29) is 0 Å². The second-order valence-corrected chi connectivity index (χ2v) is 3.21. The molecule has 5 heteroatoms.